The monoisotopic (exact) mass is 507 g/mol. The second-order valence-electron chi connectivity index (χ2n) is 8.47. The number of benzene rings is 2. The van der Waals surface area contributed by atoms with Gasteiger partial charge in [0.25, 0.3) is 0 Å². The minimum Gasteiger partial charge on any atom is -0.485 e. The zero-order valence-corrected chi connectivity index (χ0v) is 21.0. The van der Waals surface area contributed by atoms with Crippen LogP contribution in [-0.4, -0.2) is 23.2 Å². The summed E-state index contributed by atoms with van der Waals surface area (Å²) in [5.41, 5.74) is 0.440. The Morgan fingerprint density at radius 3 is 2.43 bits per heavy atom. The van der Waals surface area contributed by atoms with Crippen molar-refractivity contribution in [2.75, 3.05) is 6.61 Å². The molecule has 35 heavy (non-hydrogen) atoms. The number of ether oxygens (including phenoxy) is 3. The number of aryl methyl sites for hydroxylation is 1. The van der Waals surface area contributed by atoms with E-state index in [1.807, 2.05) is 38.1 Å². The van der Waals surface area contributed by atoms with Gasteiger partial charge in [-0.2, -0.15) is 13.2 Å². The summed E-state index contributed by atoms with van der Waals surface area (Å²) in [6, 6.07) is 12.3. The van der Waals surface area contributed by atoms with Gasteiger partial charge in [-0.1, -0.05) is 24.3 Å². The maximum Gasteiger partial charge on any atom is 0.416 e. The topological polar surface area (TPSA) is 57.7 Å². The molecule has 1 heterocycles. The van der Waals surface area contributed by atoms with Crippen LogP contribution in [0.5, 0.6) is 5.75 Å². The van der Waals surface area contributed by atoms with Gasteiger partial charge in [-0.15, -0.1) is 11.3 Å². The van der Waals surface area contributed by atoms with Crippen LogP contribution in [0, 0.1) is 6.92 Å². The average Bonchev–Trinajstić information content (AvgIpc) is 3.19. The molecule has 0 aliphatic heterocycles. The van der Waals surface area contributed by atoms with Crippen molar-refractivity contribution in [1.82, 2.24) is 4.98 Å². The van der Waals surface area contributed by atoms with Crippen molar-refractivity contribution in [3.63, 3.8) is 0 Å². The minimum absolute atomic E-state index is 0.203. The molecule has 0 saturated carbocycles. The first-order valence-corrected chi connectivity index (χ1v) is 11.9. The van der Waals surface area contributed by atoms with E-state index >= 15 is 0 Å². The Bertz CT molecular complexity index is 1160. The molecule has 0 saturated heterocycles. The highest BCUT2D eigenvalue weighted by molar-refractivity contribution is 7.15. The van der Waals surface area contributed by atoms with E-state index in [4.69, 9.17) is 14.2 Å². The number of carbonyl (C=O) groups is 1. The maximum atomic E-state index is 12.8. The standard InChI is InChI=1S/C26H28F3NO4S/c1-6-32-24(31)25(4,5)33-15-18-8-7-9-21(14-18)34-17(3)22-16(2)30-23(35-22)19-10-12-20(13-11-19)26(27,28)29/h7-14,17H,6,15H2,1-5H3. The molecule has 9 heteroatoms. The Hall–Kier alpha value is -2.91. The van der Waals surface area contributed by atoms with E-state index in [1.165, 1.54) is 23.5 Å². The summed E-state index contributed by atoms with van der Waals surface area (Å²) in [7, 11) is 0. The number of carbonyl (C=O) groups excluding carboxylic acids is 1. The number of hydrogen-bond donors (Lipinski definition) is 0. The van der Waals surface area contributed by atoms with Crippen molar-refractivity contribution in [2.45, 2.75) is 59.1 Å². The van der Waals surface area contributed by atoms with Crippen LogP contribution in [0.25, 0.3) is 10.6 Å². The van der Waals surface area contributed by atoms with E-state index in [2.05, 4.69) is 4.98 Å². The quantitative estimate of drug-likeness (QED) is 0.288. The zero-order chi connectivity index (χ0) is 25.8. The Labute approximate surface area is 206 Å². The van der Waals surface area contributed by atoms with Gasteiger partial charge in [0, 0.05) is 5.56 Å². The summed E-state index contributed by atoms with van der Waals surface area (Å²) in [6.07, 6.45) is -4.71. The molecule has 2 aromatic carbocycles. The Morgan fingerprint density at radius 1 is 1.11 bits per heavy atom. The van der Waals surface area contributed by atoms with E-state index in [9.17, 15) is 18.0 Å². The third kappa shape index (κ3) is 6.82. The summed E-state index contributed by atoms with van der Waals surface area (Å²) in [5.74, 6) is 0.196. The average molecular weight is 508 g/mol. The minimum atomic E-state index is -4.38. The highest BCUT2D eigenvalue weighted by atomic mass is 32.1. The van der Waals surface area contributed by atoms with E-state index < -0.39 is 23.3 Å². The molecule has 0 N–H and O–H groups in total. The molecule has 0 fully saturated rings. The maximum absolute atomic E-state index is 12.8. The molecule has 0 radical (unpaired) electrons. The van der Waals surface area contributed by atoms with Gasteiger partial charge in [0.05, 0.1) is 29.3 Å². The predicted octanol–water partition coefficient (Wildman–Crippen LogP) is 7.14. The van der Waals surface area contributed by atoms with Crippen molar-refractivity contribution >= 4 is 17.3 Å². The highest BCUT2D eigenvalue weighted by Crippen LogP contribution is 2.36. The Kier molecular flexibility index (Phi) is 8.22. The fourth-order valence-electron chi connectivity index (χ4n) is 3.30. The van der Waals surface area contributed by atoms with E-state index in [0.29, 0.717) is 16.3 Å². The molecule has 188 valence electrons. The summed E-state index contributed by atoms with van der Waals surface area (Å²) < 4.78 is 55.5. The summed E-state index contributed by atoms with van der Waals surface area (Å²) >= 11 is 1.39. The highest BCUT2D eigenvalue weighted by Gasteiger charge is 2.31. The van der Waals surface area contributed by atoms with Gasteiger partial charge in [0.1, 0.15) is 16.9 Å². The molecule has 0 aliphatic carbocycles. The number of halogens is 3. The molecule has 1 unspecified atom stereocenters. The molecule has 3 rings (SSSR count). The predicted molar refractivity (Wildman–Crippen MR) is 128 cm³/mol. The largest absolute Gasteiger partial charge is 0.485 e. The normalized spacial score (nSPS) is 12.9. The summed E-state index contributed by atoms with van der Waals surface area (Å²) in [4.78, 5) is 17.4. The van der Waals surface area contributed by atoms with Crippen LogP contribution >= 0.6 is 11.3 Å². The van der Waals surface area contributed by atoms with Crippen molar-refractivity contribution < 1.29 is 32.2 Å². The third-order valence-corrected chi connectivity index (χ3v) is 6.61. The number of hydrogen-bond acceptors (Lipinski definition) is 6. The molecule has 0 spiro atoms. The second kappa shape index (κ2) is 10.8. The lowest BCUT2D eigenvalue weighted by Gasteiger charge is -2.23. The van der Waals surface area contributed by atoms with Crippen LogP contribution in [0.4, 0.5) is 13.2 Å². The van der Waals surface area contributed by atoms with E-state index in [1.54, 1.807) is 20.8 Å². The van der Waals surface area contributed by atoms with Gasteiger partial charge in [0.2, 0.25) is 0 Å². The van der Waals surface area contributed by atoms with Crippen molar-refractivity contribution in [3.05, 3.63) is 70.2 Å². The summed E-state index contributed by atoms with van der Waals surface area (Å²) in [6.45, 7) is 9.29. The van der Waals surface area contributed by atoms with E-state index in [-0.39, 0.29) is 19.3 Å². The fraction of sp³-hybridized carbons (Fsp3) is 0.385. The number of rotatable bonds is 9. The van der Waals surface area contributed by atoms with Crippen LogP contribution in [0.15, 0.2) is 48.5 Å². The van der Waals surface area contributed by atoms with Gasteiger partial charge in [0.15, 0.2) is 5.60 Å². The van der Waals surface area contributed by atoms with Crippen molar-refractivity contribution in [2.24, 2.45) is 0 Å². The smallest absolute Gasteiger partial charge is 0.416 e. The first kappa shape index (κ1) is 26.7. The first-order valence-electron chi connectivity index (χ1n) is 11.1. The molecule has 5 nitrogen and oxygen atoms in total. The first-order chi connectivity index (χ1) is 16.4. The van der Waals surface area contributed by atoms with Crippen LogP contribution in [0.2, 0.25) is 0 Å². The molecule has 3 aromatic rings. The molecule has 1 atom stereocenters. The van der Waals surface area contributed by atoms with Crippen LogP contribution in [0.3, 0.4) is 0 Å². The van der Waals surface area contributed by atoms with Crippen LogP contribution < -0.4 is 4.74 Å². The van der Waals surface area contributed by atoms with Crippen molar-refractivity contribution in [1.29, 1.82) is 0 Å². The van der Waals surface area contributed by atoms with Crippen LogP contribution in [-0.2, 0) is 27.1 Å². The lowest BCUT2D eigenvalue weighted by atomic mass is 10.1. The number of nitrogens with zero attached hydrogens (tertiary/aromatic N) is 1. The number of aromatic nitrogens is 1. The number of esters is 1. The molecule has 1 aromatic heterocycles. The molecule has 0 aliphatic rings. The van der Waals surface area contributed by atoms with Gasteiger partial charge >= 0.3 is 12.1 Å². The number of thiazole rings is 1. The molecule has 0 bridgehead atoms. The lowest BCUT2D eigenvalue weighted by Crippen LogP contribution is -2.36. The zero-order valence-electron chi connectivity index (χ0n) is 20.2. The molecular weight excluding hydrogens is 479 g/mol. The SMILES string of the molecule is CCOC(=O)C(C)(C)OCc1cccc(OC(C)c2sc(-c3ccc(C(F)(F)F)cc3)nc2C)c1. The molecule has 0 amide bonds. The Morgan fingerprint density at radius 2 is 1.80 bits per heavy atom. The van der Waals surface area contributed by atoms with Gasteiger partial charge in [-0.25, -0.2) is 9.78 Å². The fourth-order valence-corrected chi connectivity index (χ4v) is 4.36. The molecular formula is C26H28F3NO4S. The Balaban J connectivity index is 1.69. The summed E-state index contributed by atoms with van der Waals surface area (Å²) in [5, 5.41) is 0.630. The third-order valence-electron chi connectivity index (χ3n) is 5.24. The van der Waals surface area contributed by atoms with E-state index in [0.717, 1.165) is 28.3 Å². The second-order valence-corrected chi connectivity index (χ2v) is 9.50. The van der Waals surface area contributed by atoms with Crippen LogP contribution in [0.1, 0.15) is 55.5 Å². The van der Waals surface area contributed by atoms with Gasteiger partial charge < -0.3 is 14.2 Å². The number of alkyl halides is 3. The van der Waals surface area contributed by atoms with Gasteiger partial charge in [-0.05, 0) is 64.4 Å². The van der Waals surface area contributed by atoms with Gasteiger partial charge in [-0.3, -0.25) is 0 Å². The lowest BCUT2D eigenvalue weighted by molar-refractivity contribution is -0.169. The van der Waals surface area contributed by atoms with Crippen molar-refractivity contribution in [3.8, 4) is 16.3 Å².